The number of benzene rings is 1. The van der Waals surface area contributed by atoms with Gasteiger partial charge in [0.1, 0.15) is 12.4 Å². The van der Waals surface area contributed by atoms with Gasteiger partial charge in [-0.05, 0) is 17.7 Å². The number of rotatable bonds is 15. The minimum absolute atomic E-state index is 0.153. The zero-order valence-corrected chi connectivity index (χ0v) is 16.3. The zero-order valence-electron chi connectivity index (χ0n) is 16.3. The highest BCUT2D eigenvalue weighted by Gasteiger charge is 2.08. The molecule has 0 aliphatic carbocycles. The summed E-state index contributed by atoms with van der Waals surface area (Å²) in [4.78, 5) is 12.7. The van der Waals surface area contributed by atoms with Gasteiger partial charge in [-0.1, -0.05) is 24.8 Å². The lowest BCUT2D eigenvalue weighted by Crippen LogP contribution is -2.16. The fourth-order valence-electron chi connectivity index (χ4n) is 2.18. The first kappa shape index (κ1) is 22.5. The Balaban J connectivity index is 1.87. The third kappa shape index (κ3) is 9.28. The van der Waals surface area contributed by atoms with Gasteiger partial charge in [-0.2, -0.15) is 15.0 Å². The summed E-state index contributed by atoms with van der Waals surface area (Å²) in [6.45, 7) is 7.15. The molecule has 2 aromatic rings. The molecule has 2 rings (SSSR count). The molecule has 0 aliphatic rings. The van der Waals surface area contributed by atoms with Gasteiger partial charge < -0.3 is 30.6 Å². The average molecular weight is 406 g/mol. The summed E-state index contributed by atoms with van der Waals surface area (Å²) in [5.74, 6) is 0.344. The molecule has 0 fully saturated rings. The van der Waals surface area contributed by atoms with Crippen LogP contribution in [0.3, 0.4) is 0 Å². The van der Waals surface area contributed by atoms with Crippen molar-refractivity contribution in [3.63, 3.8) is 0 Å². The molecule has 0 saturated heterocycles. The van der Waals surface area contributed by atoms with Crippen LogP contribution in [0.15, 0.2) is 36.9 Å². The van der Waals surface area contributed by atoms with Gasteiger partial charge in [0.15, 0.2) is 0 Å². The summed E-state index contributed by atoms with van der Waals surface area (Å²) in [6.07, 6.45) is 1.59. The predicted molar refractivity (Wildman–Crippen MR) is 108 cm³/mol. The second-order valence-corrected chi connectivity index (χ2v) is 5.79. The van der Waals surface area contributed by atoms with E-state index in [0.29, 0.717) is 58.0 Å². The molecule has 10 heteroatoms. The topological polar surface area (TPSA) is 116 Å². The van der Waals surface area contributed by atoms with E-state index in [9.17, 15) is 4.39 Å². The fourth-order valence-corrected chi connectivity index (χ4v) is 2.18. The Hall–Kier alpha value is -2.82. The Morgan fingerprint density at radius 2 is 1.79 bits per heavy atom. The number of halogens is 1. The van der Waals surface area contributed by atoms with Crippen molar-refractivity contribution < 1.29 is 18.6 Å². The molecule has 158 valence electrons. The van der Waals surface area contributed by atoms with Crippen molar-refractivity contribution in [1.82, 2.24) is 15.0 Å². The fraction of sp³-hybridized carbons (Fsp3) is 0.421. The molecule has 0 radical (unpaired) electrons. The Morgan fingerprint density at radius 3 is 2.52 bits per heavy atom. The lowest BCUT2D eigenvalue weighted by Gasteiger charge is -2.11. The van der Waals surface area contributed by atoms with E-state index in [2.05, 4.69) is 32.2 Å². The maximum Gasteiger partial charge on any atom is 0.323 e. The first-order valence-electron chi connectivity index (χ1n) is 9.28. The first-order valence-corrected chi connectivity index (χ1v) is 9.28. The summed E-state index contributed by atoms with van der Waals surface area (Å²) in [7, 11) is 0. The molecule has 9 nitrogen and oxygen atoms in total. The van der Waals surface area contributed by atoms with E-state index < -0.39 is 0 Å². The molecule has 0 aliphatic heterocycles. The normalized spacial score (nSPS) is 10.6. The third-order valence-electron chi connectivity index (χ3n) is 3.45. The van der Waals surface area contributed by atoms with Crippen LogP contribution >= 0.6 is 0 Å². The van der Waals surface area contributed by atoms with E-state index in [1.54, 1.807) is 18.2 Å². The molecular formula is C19H27FN6O3. The molecule has 4 N–H and O–H groups in total. The first-order chi connectivity index (χ1) is 14.2. The van der Waals surface area contributed by atoms with Crippen LogP contribution in [0.1, 0.15) is 5.56 Å². The molecule has 0 spiro atoms. The highest BCUT2D eigenvalue weighted by molar-refractivity contribution is 5.36. The van der Waals surface area contributed by atoms with Crippen LogP contribution in [0.5, 0.6) is 6.01 Å². The Labute approximate surface area is 169 Å². The standard InChI is InChI=1S/C19H27FN6O3/c1-2-8-29-19-25-17(22-7-10-28-12-11-27-9-6-21)24-18(26-19)23-14-15-4-3-5-16(20)13-15/h2-5,13H,1,6-12,14,21H2,(H2,22,23,24,25,26). The molecule has 0 amide bonds. The number of anilines is 2. The Morgan fingerprint density at radius 1 is 1.03 bits per heavy atom. The number of nitrogens with zero attached hydrogens (tertiary/aromatic N) is 3. The predicted octanol–water partition coefficient (Wildman–Crippen LogP) is 1.59. The van der Waals surface area contributed by atoms with Crippen LogP contribution in [0.2, 0.25) is 0 Å². The smallest absolute Gasteiger partial charge is 0.323 e. The van der Waals surface area contributed by atoms with Crippen molar-refractivity contribution in [1.29, 1.82) is 0 Å². The largest absolute Gasteiger partial charge is 0.459 e. The number of ether oxygens (including phenoxy) is 3. The second-order valence-electron chi connectivity index (χ2n) is 5.79. The second kappa shape index (κ2) is 13.4. The van der Waals surface area contributed by atoms with Gasteiger partial charge in [-0.3, -0.25) is 0 Å². The Kier molecular flexibility index (Phi) is 10.4. The SMILES string of the molecule is C=CCOc1nc(NCCOCCOCCN)nc(NCc2cccc(F)c2)n1. The molecule has 0 unspecified atom stereocenters. The van der Waals surface area contributed by atoms with E-state index in [4.69, 9.17) is 19.9 Å². The minimum atomic E-state index is -0.300. The summed E-state index contributed by atoms with van der Waals surface area (Å²) in [6, 6.07) is 6.44. The Bertz CT molecular complexity index is 750. The lowest BCUT2D eigenvalue weighted by atomic mass is 10.2. The number of hydrogen-bond acceptors (Lipinski definition) is 9. The number of nitrogens with two attached hydrogens (primary N) is 1. The third-order valence-corrected chi connectivity index (χ3v) is 3.45. The van der Waals surface area contributed by atoms with E-state index >= 15 is 0 Å². The van der Waals surface area contributed by atoms with E-state index in [1.165, 1.54) is 12.1 Å². The zero-order chi connectivity index (χ0) is 20.7. The molecule has 29 heavy (non-hydrogen) atoms. The number of nitrogens with one attached hydrogen (secondary N) is 2. The quantitative estimate of drug-likeness (QED) is 0.299. The van der Waals surface area contributed by atoms with Gasteiger partial charge in [0.25, 0.3) is 0 Å². The van der Waals surface area contributed by atoms with Gasteiger partial charge in [0.05, 0.1) is 26.4 Å². The van der Waals surface area contributed by atoms with Crippen LogP contribution in [0.25, 0.3) is 0 Å². The monoisotopic (exact) mass is 406 g/mol. The van der Waals surface area contributed by atoms with Crippen molar-refractivity contribution in [3.8, 4) is 6.01 Å². The van der Waals surface area contributed by atoms with Crippen molar-refractivity contribution in [2.45, 2.75) is 6.54 Å². The molecule has 1 aromatic heterocycles. The molecular weight excluding hydrogens is 379 g/mol. The molecule has 0 atom stereocenters. The van der Waals surface area contributed by atoms with Crippen LogP contribution in [0.4, 0.5) is 16.3 Å². The maximum absolute atomic E-state index is 13.3. The summed E-state index contributed by atoms with van der Waals surface area (Å²) in [5.41, 5.74) is 6.10. The molecule has 0 saturated carbocycles. The minimum Gasteiger partial charge on any atom is -0.459 e. The van der Waals surface area contributed by atoms with Crippen molar-refractivity contribution in [2.75, 3.05) is 56.8 Å². The molecule has 1 aromatic carbocycles. The summed E-state index contributed by atoms with van der Waals surface area (Å²) >= 11 is 0. The highest BCUT2D eigenvalue weighted by atomic mass is 19.1. The lowest BCUT2D eigenvalue weighted by molar-refractivity contribution is 0.0547. The van der Waals surface area contributed by atoms with Crippen LogP contribution in [-0.4, -0.2) is 61.1 Å². The van der Waals surface area contributed by atoms with Gasteiger partial charge >= 0.3 is 6.01 Å². The number of aromatic nitrogens is 3. The highest BCUT2D eigenvalue weighted by Crippen LogP contribution is 2.13. The van der Waals surface area contributed by atoms with Gasteiger partial charge in [0.2, 0.25) is 11.9 Å². The van der Waals surface area contributed by atoms with Crippen molar-refractivity contribution in [2.24, 2.45) is 5.73 Å². The van der Waals surface area contributed by atoms with Crippen LogP contribution in [0, 0.1) is 5.82 Å². The van der Waals surface area contributed by atoms with E-state index in [0.717, 1.165) is 5.56 Å². The van der Waals surface area contributed by atoms with Crippen LogP contribution < -0.4 is 21.1 Å². The summed E-state index contributed by atoms with van der Waals surface area (Å²) < 4.78 is 29.4. The van der Waals surface area contributed by atoms with Crippen molar-refractivity contribution >= 4 is 11.9 Å². The van der Waals surface area contributed by atoms with Gasteiger partial charge in [-0.25, -0.2) is 4.39 Å². The average Bonchev–Trinajstić information content (AvgIpc) is 2.73. The van der Waals surface area contributed by atoms with Crippen molar-refractivity contribution in [3.05, 3.63) is 48.3 Å². The summed E-state index contributed by atoms with van der Waals surface area (Å²) in [5, 5.41) is 6.10. The number of hydrogen-bond donors (Lipinski definition) is 3. The van der Waals surface area contributed by atoms with Gasteiger partial charge in [0, 0.05) is 19.6 Å². The maximum atomic E-state index is 13.3. The van der Waals surface area contributed by atoms with E-state index in [1.807, 2.05) is 0 Å². The molecule has 0 bridgehead atoms. The van der Waals surface area contributed by atoms with Crippen LogP contribution in [-0.2, 0) is 16.0 Å². The van der Waals surface area contributed by atoms with Gasteiger partial charge in [-0.15, -0.1) is 0 Å². The van der Waals surface area contributed by atoms with E-state index in [-0.39, 0.29) is 18.4 Å². The molecule has 1 heterocycles.